The van der Waals surface area contributed by atoms with Crippen molar-refractivity contribution in [2.24, 2.45) is 0 Å². The SMILES string of the molecule is Cc1ccc(CN2CCN(C(=O)c3cccnc3)C3CS(=O)(=O)CC32)o1. The van der Waals surface area contributed by atoms with E-state index >= 15 is 0 Å². The summed E-state index contributed by atoms with van der Waals surface area (Å²) in [6.45, 7) is 3.54. The maximum Gasteiger partial charge on any atom is 0.255 e. The Balaban J connectivity index is 1.58. The van der Waals surface area contributed by atoms with Crippen molar-refractivity contribution in [1.82, 2.24) is 14.8 Å². The normalized spacial score (nSPS) is 25.2. The molecule has 0 aromatic carbocycles. The van der Waals surface area contributed by atoms with Gasteiger partial charge in [0, 0.05) is 31.5 Å². The van der Waals surface area contributed by atoms with Crippen molar-refractivity contribution in [2.45, 2.75) is 25.6 Å². The number of nitrogens with zero attached hydrogens (tertiary/aromatic N) is 3. The van der Waals surface area contributed by atoms with Crippen LogP contribution in [-0.4, -0.2) is 65.8 Å². The van der Waals surface area contributed by atoms with Crippen molar-refractivity contribution in [3.8, 4) is 0 Å². The number of sulfone groups is 1. The number of pyridine rings is 1. The van der Waals surface area contributed by atoms with Crippen molar-refractivity contribution >= 4 is 15.7 Å². The summed E-state index contributed by atoms with van der Waals surface area (Å²) in [7, 11) is -3.18. The number of rotatable bonds is 3. The zero-order chi connectivity index (χ0) is 18.3. The molecule has 0 spiro atoms. The van der Waals surface area contributed by atoms with Gasteiger partial charge >= 0.3 is 0 Å². The molecule has 0 aliphatic carbocycles. The number of aromatic nitrogens is 1. The highest BCUT2D eigenvalue weighted by molar-refractivity contribution is 7.91. The number of carbonyl (C=O) groups excluding carboxylic acids is 1. The van der Waals surface area contributed by atoms with Crippen molar-refractivity contribution in [1.29, 1.82) is 0 Å². The fraction of sp³-hybridized carbons (Fsp3) is 0.444. The molecule has 2 aliphatic heterocycles. The van der Waals surface area contributed by atoms with Crippen LogP contribution in [0.3, 0.4) is 0 Å². The van der Waals surface area contributed by atoms with Gasteiger partial charge in [-0.05, 0) is 31.2 Å². The highest BCUT2D eigenvalue weighted by Gasteiger charge is 2.48. The first kappa shape index (κ1) is 17.2. The third-order valence-electron chi connectivity index (χ3n) is 5.12. The monoisotopic (exact) mass is 375 g/mol. The molecule has 1 amide bonds. The second kappa shape index (κ2) is 6.51. The molecule has 0 radical (unpaired) electrons. The lowest BCUT2D eigenvalue weighted by Crippen LogP contribution is -2.60. The highest BCUT2D eigenvalue weighted by Crippen LogP contribution is 2.29. The standard InChI is InChI=1S/C18H21N3O4S/c1-13-4-5-15(25-13)10-20-7-8-21(17-12-26(23,24)11-16(17)20)18(22)14-3-2-6-19-9-14/h2-6,9,16-17H,7-8,10-12H2,1H3. The summed E-state index contributed by atoms with van der Waals surface area (Å²) in [6.07, 6.45) is 3.14. The van der Waals surface area contributed by atoms with E-state index in [9.17, 15) is 13.2 Å². The summed E-state index contributed by atoms with van der Waals surface area (Å²) >= 11 is 0. The van der Waals surface area contributed by atoms with Gasteiger partial charge in [-0.3, -0.25) is 14.7 Å². The van der Waals surface area contributed by atoms with E-state index in [0.717, 1.165) is 11.5 Å². The zero-order valence-electron chi connectivity index (χ0n) is 14.5. The molecule has 138 valence electrons. The molecule has 2 aliphatic rings. The van der Waals surface area contributed by atoms with E-state index in [1.165, 1.54) is 6.20 Å². The van der Waals surface area contributed by atoms with Crippen LogP contribution in [-0.2, 0) is 16.4 Å². The first-order valence-corrected chi connectivity index (χ1v) is 10.5. The van der Waals surface area contributed by atoms with Crippen molar-refractivity contribution in [3.05, 3.63) is 53.7 Å². The molecule has 2 aromatic rings. The fourth-order valence-electron chi connectivity index (χ4n) is 3.90. The summed E-state index contributed by atoms with van der Waals surface area (Å²) in [5.41, 5.74) is 0.491. The largest absolute Gasteiger partial charge is 0.465 e. The zero-order valence-corrected chi connectivity index (χ0v) is 15.4. The van der Waals surface area contributed by atoms with Crippen LogP contribution in [0.4, 0.5) is 0 Å². The van der Waals surface area contributed by atoms with E-state index in [1.54, 1.807) is 23.2 Å². The Morgan fingerprint density at radius 1 is 1.23 bits per heavy atom. The van der Waals surface area contributed by atoms with E-state index in [2.05, 4.69) is 9.88 Å². The molecular formula is C18H21N3O4S. The third-order valence-corrected chi connectivity index (χ3v) is 6.81. The van der Waals surface area contributed by atoms with Gasteiger partial charge in [0.2, 0.25) is 0 Å². The van der Waals surface area contributed by atoms with Gasteiger partial charge in [0.05, 0.1) is 29.7 Å². The van der Waals surface area contributed by atoms with Gasteiger partial charge in [-0.2, -0.15) is 0 Å². The second-order valence-corrected chi connectivity index (χ2v) is 9.09. The molecule has 0 N–H and O–H groups in total. The Hall–Kier alpha value is -2.19. The van der Waals surface area contributed by atoms with Gasteiger partial charge in [-0.25, -0.2) is 8.42 Å². The average molecular weight is 375 g/mol. The van der Waals surface area contributed by atoms with Crippen molar-refractivity contribution in [2.75, 3.05) is 24.6 Å². The van der Waals surface area contributed by atoms with Gasteiger partial charge in [-0.1, -0.05) is 0 Å². The number of hydrogen-bond acceptors (Lipinski definition) is 6. The van der Waals surface area contributed by atoms with Crippen LogP contribution in [0.25, 0.3) is 0 Å². The molecule has 2 fully saturated rings. The van der Waals surface area contributed by atoms with Crippen LogP contribution >= 0.6 is 0 Å². The van der Waals surface area contributed by atoms with Crippen LogP contribution in [0, 0.1) is 6.92 Å². The smallest absolute Gasteiger partial charge is 0.255 e. The molecule has 2 unspecified atom stereocenters. The number of carbonyl (C=O) groups is 1. The third kappa shape index (κ3) is 3.26. The number of amides is 1. The van der Waals surface area contributed by atoms with E-state index in [1.807, 2.05) is 19.1 Å². The second-order valence-electron chi connectivity index (χ2n) is 6.93. The van der Waals surface area contributed by atoms with Gasteiger partial charge in [-0.15, -0.1) is 0 Å². The molecule has 2 atom stereocenters. The summed E-state index contributed by atoms with van der Waals surface area (Å²) in [5, 5.41) is 0. The topological polar surface area (TPSA) is 83.7 Å². The van der Waals surface area contributed by atoms with Crippen molar-refractivity contribution in [3.63, 3.8) is 0 Å². The van der Waals surface area contributed by atoms with Crippen LogP contribution in [0.5, 0.6) is 0 Å². The lowest BCUT2D eigenvalue weighted by atomic mass is 10.0. The van der Waals surface area contributed by atoms with Gasteiger partial charge in [0.1, 0.15) is 11.5 Å². The number of piperazine rings is 1. The Morgan fingerprint density at radius 3 is 2.73 bits per heavy atom. The molecule has 7 nitrogen and oxygen atoms in total. The first-order valence-electron chi connectivity index (χ1n) is 8.64. The molecular weight excluding hydrogens is 354 g/mol. The van der Waals surface area contributed by atoms with Gasteiger partial charge < -0.3 is 9.32 Å². The molecule has 4 heterocycles. The average Bonchev–Trinajstić information content (AvgIpc) is 3.17. The van der Waals surface area contributed by atoms with Crippen LogP contribution in [0.1, 0.15) is 21.9 Å². The minimum atomic E-state index is -3.18. The predicted molar refractivity (Wildman–Crippen MR) is 95.4 cm³/mol. The van der Waals surface area contributed by atoms with E-state index in [0.29, 0.717) is 25.2 Å². The maximum absolute atomic E-state index is 12.9. The quantitative estimate of drug-likeness (QED) is 0.799. The molecule has 0 saturated carbocycles. The van der Waals surface area contributed by atoms with Gasteiger partial charge in [0.15, 0.2) is 9.84 Å². The molecule has 4 rings (SSSR count). The molecule has 2 aromatic heterocycles. The van der Waals surface area contributed by atoms with Crippen LogP contribution < -0.4 is 0 Å². The Bertz CT molecular complexity index is 910. The minimum absolute atomic E-state index is 0.0113. The molecule has 26 heavy (non-hydrogen) atoms. The summed E-state index contributed by atoms with van der Waals surface area (Å²) in [6, 6.07) is 6.70. The summed E-state index contributed by atoms with van der Waals surface area (Å²) < 4.78 is 30.3. The summed E-state index contributed by atoms with van der Waals surface area (Å²) in [4.78, 5) is 20.7. The predicted octanol–water partition coefficient (Wildman–Crippen LogP) is 1.11. The fourth-order valence-corrected chi connectivity index (χ4v) is 5.91. The highest BCUT2D eigenvalue weighted by atomic mass is 32.2. The lowest BCUT2D eigenvalue weighted by molar-refractivity contribution is 0.0284. The summed E-state index contributed by atoms with van der Waals surface area (Å²) in [5.74, 6) is 1.59. The molecule has 0 bridgehead atoms. The number of fused-ring (bicyclic) bond motifs is 1. The van der Waals surface area contributed by atoms with E-state index < -0.39 is 9.84 Å². The van der Waals surface area contributed by atoms with E-state index in [-0.39, 0.29) is 29.5 Å². The number of furan rings is 1. The number of aryl methyl sites for hydroxylation is 1. The van der Waals surface area contributed by atoms with Crippen LogP contribution in [0.2, 0.25) is 0 Å². The lowest BCUT2D eigenvalue weighted by Gasteiger charge is -2.43. The molecule has 2 saturated heterocycles. The maximum atomic E-state index is 12.9. The minimum Gasteiger partial charge on any atom is -0.465 e. The number of hydrogen-bond donors (Lipinski definition) is 0. The van der Waals surface area contributed by atoms with E-state index in [4.69, 9.17) is 4.42 Å². The Kier molecular flexibility index (Phi) is 4.32. The first-order chi connectivity index (χ1) is 12.4. The Morgan fingerprint density at radius 2 is 2.04 bits per heavy atom. The molecule has 8 heteroatoms. The van der Waals surface area contributed by atoms with Crippen LogP contribution in [0.15, 0.2) is 41.1 Å². The van der Waals surface area contributed by atoms with Crippen molar-refractivity contribution < 1.29 is 17.6 Å². The Labute approximate surface area is 152 Å². The van der Waals surface area contributed by atoms with Gasteiger partial charge in [0.25, 0.3) is 5.91 Å².